The standard InChI is InChI=1S/C15H17N2O/c1-12(18)11-16-13-7-9-15(10-8-13)17-14-5-3-2-4-6-14/h2-12,16-18H,1H3. The smallest absolute Gasteiger partial charge is 0.0744 e. The highest BCUT2D eigenvalue weighted by Crippen LogP contribution is 2.18. The molecular weight excluding hydrogens is 224 g/mol. The Labute approximate surface area is 107 Å². The lowest BCUT2D eigenvalue weighted by atomic mass is 10.2. The SMILES string of the molecule is CC(O)[CH]Nc1ccc(Nc2ccccc2)cc1. The van der Waals surface area contributed by atoms with Gasteiger partial charge in [-0.2, -0.15) is 0 Å². The van der Waals surface area contributed by atoms with E-state index in [1.165, 1.54) is 0 Å². The Balaban J connectivity index is 1.95. The molecule has 0 amide bonds. The maximum absolute atomic E-state index is 9.13. The van der Waals surface area contributed by atoms with Crippen molar-refractivity contribution in [3.8, 4) is 0 Å². The molecule has 3 N–H and O–H groups in total. The molecular formula is C15H17N2O. The normalized spacial score (nSPS) is 11.9. The quantitative estimate of drug-likeness (QED) is 0.752. The number of rotatable bonds is 5. The van der Waals surface area contributed by atoms with Crippen LogP contribution in [0, 0.1) is 6.54 Å². The summed E-state index contributed by atoms with van der Waals surface area (Å²) in [6.07, 6.45) is -0.466. The summed E-state index contributed by atoms with van der Waals surface area (Å²) >= 11 is 0. The van der Waals surface area contributed by atoms with Gasteiger partial charge in [-0.15, -0.1) is 0 Å². The number of hydrogen-bond acceptors (Lipinski definition) is 3. The van der Waals surface area contributed by atoms with Crippen molar-refractivity contribution >= 4 is 17.1 Å². The van der Waals surface area contributed by atoms with Gasteiger partial charge in [-0.25, -0.2) is 0 Å². The summed E-state index contributed by atoms with van der Waals surface area (Å²) in [4.78, 5) is 0. The van der Waals surface area contributed by atoms with Crippen molar-refractivity contribution in [3.63, 3.8) is 0 Å². The third-order valence-corrected chi connectivity index (χ3v) is 2.44. The number of aliphatic hydroxyl groups excluding tert-OH is 1. The zero-order valence-corrected chi connectivity index (χ0v) is 10.3. The minimum Gasteiger partial charge on any atom is -0.391 e. The molecule has 1 unspecified atom stereocenters. The average molecular weight is 241 g/mol. The van der Waals surface area contributed by atoms with E-state index in [1.54, 1.807) is 13.5 Å². The Morgan fingerprint density at radius 3 is 2.06 bits per heavy atom. The predicted molar refractivity (Wildman–Crippen MR) is 75.8 cm³/mol. The van der Waals surface area contributed by atoms with Crippen LogP contribution in [-0.2, 0) is 0 Å². The largest absolute Gasteiger partial charge is 0.391 e. The monoisotopic (exact) mass is 241 g/mol. The maximum Gasteiger partial charge on any atom is 0.0744 e. The van der Waals surface area contributed by atoms with Gasteiger partial charge in [-0.05, 0) is 43.3 Å². The van der Waals surface area contributed by atoms with E-state index in [4.69, 9.17) is 5.11 Å². The minimum atomic E-state index is -0.466. The number of aliphatic hydroxyl groups is 1. The Bertz CT molecular complexity index is 466. The third kappa shape index (κ3) is 3.79. The van der Waals surface area contributed by atoms with E-state index >= 15 is 0 Å². The highest BCUT2D eigenvalue weighted by Gasteiger charge is 1.98. The van der Waals surface area contributed by atoms with Crippen LogP contribution in [0.25, 0.3) is 0 Å². The fourth-order valence-electron chi connectivity index (χ4n) is 1.55. The molecule has 18 heavy (non-hydrogen) atoms. The first-order valence-electron chi connectivity index (χ1n) is 5.94. The Morgan fingerprint density at radius 1 is 0.889 bits per heavy atom. The number of benzene rings is 2. The molecule has 0 saturated carbocycles. The molecule has 2 aromatic rings. The summed E-state index contributed by atoms with van der Waals surface area (Å²) in [5.41, 5.74) is 3.05. The fourth-order valence-corrected chi connectivity index (χ4v) is 1.55. The van der Waals surface area contributed by atoms with Crippen LogP contribution >= 0.6 is 0 Å². The van der Waals surface area contributed by atoms with Crippen molar-refractivity contribution in [2.75, 3.05) is 10.6 Å². The highest BCUT2D eigenvalue weighted by atomic mass is 16.3. The zero-order chi connectivity index (χ0) is 12.8. The summed E-state index contributed by atoms with van der Waals surface area (Å²) < 4.78 is 0. The molecule has 0 aliphatic carbocycles. The molecule has 0 aliphatic rings. The first kappa shape index (κ1) is 12.5. The third-order valence-electron chi connectivity index (χ3n) is 2.44. The van der Waals surface area contributed by atoms with Crippen molar-refractivity contribution in [1.29, 1.82) is 0 Å². The van der Waals surface area contributed by atoms with Gasteiger partial charge in [0.05, 0.1) is 12.6 Å². The molecule has 0 bridgehead atoms. The lowest BCUT2D eigenvalue weighted by Crippen LogP contribution is -2.08. The molecule has 0 heterocycles. The summed E-state index contributed by atoms with van der Waals surface area (Å²) in [5, 5.41) is 15.5. The van der Waals surface area contributed by atoms with Crippen LogP contribution in [0.4, 0.5) is 17.1 Å². The van der Waals surface area contributed by atoms with Gasteiger partial charge in [0.1, 0.15) is 0 Å². The van der Waals surface area contributed by atoms with Gasteiger partial charge in [0.25, 0.3) is 0 Å². The van der Waals surface area contributed by atoms with Gasteiger partial charge in [0, 0.05) is 17.1 Å². The van der Waals surface area contributed by atoms with Crippen LogP contribution < -0.4 is 10.6 Å². The predicted octanol–water partition coefficient (Wildman–Crippen LogP) is 3.38. The summed E-state index contributed by atoms with van der Waals surface area (Å²) in [7, 11) is 0. The van der Waals surface area contributed by atoms with Crippen LogP contribution in [-0.4, -0.2) is 11.2 Å². The van der Waals surface area contributed by atoms with Crippen molar-refractivity contribution in [2.45, 2.75) is 13.0 Å². The van der Waals surface area contributed by atoms with E-state index in [9.17, 15) is 0 Å². The van der Waals surface area contributed by atoms with Crippen molar-refractivity contribution in [3.05, 3.63) is 61.1 Å². The molecule has 2 rings (SSSR count). The second-order valence-electron chi connectivity index (χ2n) is 4.12. The van der Waals surface area contributed by atoms with E-state index < -0.39 is 6.10 Å². The molecule has 0 fully saturated rings. The van der Waals surface area contributed by atoms with Gasteiger partial charge in [0.15, 0.2) is 0 Å². The van der Waals surface area contributed by atoms with Crippen LogP contribution in [0.15, 0.2) is 54.6 Å². The Hall–Kier alpha value is -2.00. The summed E-state index contributed by atoms with van der Waals surface area (Å²) in [5.74, 6) is 0. The van der Waals surface area contributed by atoms with Crippen LogP contribution in [0.2, 0.25) is 0 Å². The van der Waals surface area contributed by atoms with Gasteiger partial charge in [0.2, 0.25) is 0 Å². The van der Waals surface area contributed by atoms with Crippen molar-refractivity contribution in [1.82, 2.24) is 0 Å². The van der Waals surface area contributed by atoms with Gasteiger partial charge in [-0.1, -0.05) is 18.2 Å². The van der Waals surface area contributed by atoms with E-state index in [-0.39, 0.29) is 0 Å². The maximum atomic E-state index is 9.13. The first-order chi connectivity index (χ1) is 8.74. The fraction of sp³-hybridized carbons (Fsp3) is 0.133. The van der Waals surface area contributed by atoms with Gasteiger partial charge >= 0.3 is 0 Å². The van der Waals surface area contributed by atoms with E-state index in [0.29, 0.717) is 0 Å². The van der Waals surface area contributed by atoms with Gasteiger partial charge in [-0.3, -0.25) is 0 Å². The molecule has 1 radical (unpaired) electrons. The number of nitrogens with one attached hydrogen (secondary N) is 2. The van der Waals surface area contributed by atoms with E-state index in [2.05, 4.69) is 10.6 Å². The Kier molecular flexibility index (Phi) is 4.20. The van der Waals surface area contributed by atoms with Crippen molar-refractivity contribution in [2.24, 2.45) is 0 Å². The van der Waals surface area contributed by atoms with Crippen LogP contribution in [0.1, 0.15) is 6.92 Å². The molecule has 3 nitrogen and oxygen atoms in total. The second kappa shape index (κ2) is 6.07. The lowest BCUT2D eigenvalue weighted by Gasteiger charge is -2.10. The van der Waals surface area contributed by atoms with Crippen molar-refractivity contribution < 1.29 is 5.11 Å². The van der Waals surface area contributed by atoms with Crippen LogP contribution in [0.3, 0.4) is 0 Å². The van der Waals surface area contributed by atoms with E-state index in [0.717, 1.165) is 17.1 Å². The second-order valence-corrected chi connectivity index (χ2v) is 4.12. The molecule has 3 heteroatoms. The minimum absolute atomic E-state index is 0.466. The van der Waals surface area contributed by atoms with Crippen LogP contribution in [0.5, 0.6) is 0 Å². The topological polar surface area (TPSA) is 44.3 Å². The molecule has 0 aromatic heterocycles. The highest BCUT2D eigenvalue weighted by molar-refractivity contribution is 5.62. The molecule has 0 spiro atoms. The van der Waals surface area contributed by atoms with E-state index in [1.807, 2.05) is 54.6 Å². The number of anilines is 3. The molecule has 0 aliphatic heterocycles. The lowest BCUT2D eigenvalue weighted by molar-refractivity contribution is 0.229. The molecule has 0 saturated heterocycles. The summed E-state index contributed by atoms with van der Waals surface area (Å²) in [6, 6.07) is 17.9. The average Bonchev–Trinajstić information content (AvgIpc) is 2.39. The molecule has 93 valence electrons. The molecule has 1 atom stereocenters. The first-order valence-corrected chi connectivity index (χ1v) is 5.94. The number of para-hydroxylation sites is 1. The van der Waals surface area contributed by atoms with Gasteiger partial charge < -0.3 is 15.7 Å². The number of hydrogen-bond donors (Lipinski definition) is 3. The summed E-state index contributed by atoms with van der Waals surface area (Å²) in [6.45, 7) is 3.35. The zero-order valence-electron chi connectivity index (χ0n) is 10.3. The molecule has 2 aromatic carbocycles. The Morgan fingerprint density at radius 2 is 1.44 bits per heavy atom.